The van der Waals surface area contributed by atoms with Gasteiger partial charge in [-0.1, -0.05) is 36.7 Å². The Labute approximate surface area is 111 Å². The van der Waals surface area contributed by atoms with Crippen LogP contribution in [-0.2, 0) is 4.79 Å². The number of aryl methyl sites for hydroxylation is 1. The van der Waals surface area contributed by atoms with Crippen molar-refractivity contribution in [1.82, 2.24) is 0 Å². The van der Waals surface area contributed by atoms with Crippen molar-refractivity contribution in [2.24, 2.45) is 11.1 Å². The minimum atomic E-state index is -0.522. The molecule has 0 aliphatic heterocycles. The van der Waals surface area contributed by atoms with Crippen LogP contribution >= 0.6 is 15.9 Å². The molecule has 1 amide bonds. The fourth-order valence-electron chi connectivity index (χ4n) is 1.34. The van der Waals surface area contributed by atoms with E-state index in [0.29, 0.717) is 0 Å². The van der Waals surface area contributed by atoms with Gasteiger partial charge in [0, 0.05) is 10.2 Å². The molecule has 0 saturated carbocycles. The van der Waals surface area contributed by atoms with E-state index in [1.54, 1.807) is 0 Å². The Morgan fingerprint density at radius 3 is 2.47 bits per heavy atom. The lowest BCUT2D eigenvalue weighted by atomic mass is 9.87. The monoisotopic (exact) mass is 298 g/mol. The van der Waals surface area contributed by atoms with Gasteiger partial charge in [0.2, 0.25) is 5.91 Å². The molecule has 0 saturated heterocycles. The molecule has 0 aromatic heterocycles. The van der Waals surface area contributed by atoms with Crippen molar-refractivity contribution in [2.75, 3.05) is 5.32 Å². The molecule has 0 bridgehead atoms. The fourth-order valence-corrected chi connectivity index (χ4v) is 1.58. The second kappa shape index (κ2) is 5.19. The number of amides is 1. The summed E-state index contributed by atoms with van der Waals surface area (Å²) in [5, 5.41) is 2.83. The van der Waals surface area contributed by atoms with Crippen molar-refractivity contribution in [3.63, 3.8) is 0 Å². The maximum Gasteiger partial charge on any atom is 0.241 e. The molecule has 0 aliphatic rings. The smallest absolute Gasteiger partial charge is 0.241 e. The first-order valence-corrected chi connectivity index (χ1v) is 6.33. The number of nitrogens with one attached hydrogen (secondary N) is 1. The van der Waals surface area contributed by atoms with E-state index in [-0.39, 0.29) is 11.3 Å². The van der Waals surface area contributed by atoms with Crippen LogP contribution in [0.5, 0.6) is 0 Å². The van der Waals surface area contributed by atoms with E-state index in [1.807, 2.05) is 45.9 Å². The predicted octanol–water partition coefficient (Wildman–Crippen LogP) is 3.07. The molecule has 3 nitrogen and oxygen atoms in total. The number of benzene rings is 1. The van der Waals surface area contributed by atoms with E-state index in [4.69, 9.17) is 5.73 Å². The molecule has 3 N–H and O–H groups in total. The number of hydrogen-bond acceptors (Lipinski definition) is 2. The molecule has 0 radical (unpaired) electrons. The van der Waals surface area contributed by atoms with Crippen LogP contribution in [0.2, 0.25) is 0 Å². The fraction of sp³-hybridized carbons (Fsp3) is 0.462. The Morgan fingerprint density at radius 2 is 2.00 bits per heavy atom. The normalized spacial score (nSPS) is 13.3. The Hall–Kier alpha value is -0.870. The summed E-state index contributed by atoms with van der Waals surface area (Å²) >= 11 is 3.42. The van der Waals surface area contributed by atoms with E-state index >= 15 is 0 Å². The van der Waals surface area contributed by atoms with Gasteiger partial charge >= 0.3 is 0 Å². The van der Waals surface area contributed by atoms with Gasteiger partial charge in [-0.05, 0) is 36.1 Å². The summed E-state index contributed by atoms with van der Waals surface area (Å²) in [5.74, 6) is -0.153. The van der Waals surface area contributed by atoms with E-state index in [1.165, 1.54) is 0 Å². The van der Waals surface area contributed by atoms with Crippen LogP contribution in [0.25, 0.3) is 0 Å². The van der Waals surface area contributed by atoms with Crippen LogP contribution in [0.1, 0.15) is 26.3 Å². The zero-order chi connectivity index (χ0) is 13.2. The van der Waals surface area contributed by atoms with Crippen molar-refractivity contribution < 1.29 is 4.79 Å². The summed E-state index contributed by atoms with van der Waals surface area (Å²) in [5.41, 5.74) is 7.50. The molecular weight excluding hydrogens is 280 g/mol. The Kier molecular flexibility index (Phi) is 4.33. The Balaban J connectivity index is 2.78. The van der Waals surface area contributed by atoms with Crippen LogP contribution in [0.3, 0.4) is 0 Å². The molecule has 0 spiro atoms. The summed E-state index contributed by atoms with van der Waals surface area (Å²) in [4.78, 5) is 11.9. The maximum absolute atomic E-state index is 11.9. The van der Waals surface area contributed by atoms with E-state index in [0.717, 1.165) is 15.7 Å². The predicted molar refractivity (Wildman–Crippen MR) is 74.9 cm³/mol. The number of carbonyl (C=O) groups excluding carboxylic acids is 1. The summed E-state index contributed by atoms with van der Waals surface area (Å²) < 4.78 is 1.02. The van der Waals surface area contributed by atoms with E-state index in [9.17, 15) is 4.79 Å². The highest BCUT2D eigenvalue weighted by atomic mass is 79.9. The molecule has 1 atom stereocenters. The maximum atomic E-state index is 11.9. The molecule has 0 aliphatic carbocycles. The molecular formula is C13H19BrN2O. The van der Waals surface area contributed by atoms with Gasteiger partial charge in [0.25, 0.3) is 0 Å². The number of anilines is 1. The van der Waals surface area contributed by atoms with Gasteiger partial charge in [-0.25, -0.2) is 0 Å². The van der Waals surface area contributed by atoms with Crippen molar-refractivity contribution >= 4 is 27.5 Å². The molecule has 4 heteroatoms. The quantitative estimate of drug-likeness (QED) is 0.881. The molecule has 1 aromatic carbocycles. The lowest BCUT2D eigenvalue weighted by Gasteiger charge is -2.25. The average Bonchev–Trinajstić information content (AvgIpc) is 2.21. The van der Waals surface area contributed by atoms with E-state index < -0.39 is 6.04 Å². The first-order valence-electron chi connectivity index (χ1n) is 5.54. The lowest BCUT2D eigenvalue weighted by molar-refractivity contribution is -0.119. The average molecular weight is 299 g/mol. The third-order valence-electron chi connectivity index (χ3n) is 2.64. The summed E-state index contributed by atoms with van der Waals surface area (Å²) in [6.45, 7) is 7.82. The summed E-state index contributed by atoms with van der Waals surface area (Å²) in [6, 6.07) is 5.15. The zero-order valence-electron chi connectivity index (χ0n) is 10.7. The minimum Gasteiger partial charge on any atom is -0.325 e. The third-order valence-corrected chi connectivity index (χ3v) is 3.53. The number of nitrogens with two attached hydrogens (primary N) is 1. The highest BCUT2D eigenvalue weighted by molar-refractivity contribution is 9.10. The first-order chi connectivity index (χ1) is 7.71. The molecule has 0 unspecified atom stereocenters. The molecule has 1 aromatic rings. The van der Waals surface area contributed by atoms with Gasteiger partial charge in [-0.3, -0.25) is 4.79 Å². The van der Waals surface area contributed by atoms with Crippen LogP contribution in [0, 0.1) is 12.3 Å². The molecule has 17 heavy (non-hydrogen) atoms. The number of rotatable bonds is 2. The SMILES string of the molecule is Cc1cc(NC(=O)[C@@H](N)C(C)(C)C)ccc1Br. The van der Waals surface area contributed by atoms with E-state index in [2.05, 4.69) is 21.2 Å². The topological polar surface area (TPSA) is 55.1 Å². The second-order valence-electron chi connectivity index (χ2n) is 5.30. The van der Waals surface area contributed by atoms with Crippen LogP contribution in [0.15, 0.2) is 22.7 Å². The molecule has 0 fully saturated rings. The van der Waals surface area contributed by atoms with Gasteiger partial charge in [0.05, 0.1) is 6.04 Å². The summed E-state index contributed by atoms with van der Waals surface area (Å²) in [7, 11) is 0. The third kappa shape index (κ3) is 3.82. The Bertz CT molecular complexity index is 424. The summed E-state index contributed by atoms with van der Waals surface area (Å²) in [6.07, 6.45) is 0. The van der Waals surface area contributed by atoms with Gasteiger partial charge in [0.1, 0.15) is 0 Å². The molecule has 94 valence electrons. The van der Waals surface area contributed by atoms with Gasteiger partial charge in [-0.2, -0.15) is 0 Å². The van der Waals surface area contributed by atoms with Crippen molar-refractivity contribution in [1.29, 1.82) is 0 Å². The number of halogens is 1. The first kappa shape index (κ1) is 14.2. The van der Waals surface area contributed by atoms with Crippen LogP contribution in [0.4, 0.5) is 5.69 Å². The molecule has 1 rings (SSSR count). The van der Waals surface area contributed by atoms with Crippen LogP contribution < -0.4 is 11.1 Å². The lowest BCUT2D eigenvalue weighted by Crippen LogP contribution is -2.45. The largest absolute Gasteiger partial charge is 0.325 e. The van der Waals surface area contributed by atoms with Crippen molar-refractivity contribution in [3.05, 3.63) is 28.2 Å². The van der Waals surface area contributed by atoms with Crippen LogP contribution in [-0.4, -0.2) is 11.9 Å². The van der Waals surface area contributed by atoms with Gasteiger partial charge in [0.15, 0.2) is 0 Å². The van der Waals surface area contributed by atoms with Crippen molar-refractivity contribution in [3.8, 4) is 0 Å². The minimum absolute atomic E-state index is 0.153. The molecule has 0 heterocycles. The number of hydrogen-bond donors (Lipinski definition) is 2. The highest BCUT2D eigenvalue weighted by Gasteiger charge is 2.27. The second-order valence-corrected chi connectivity index (χ2v) is 6.15. The standard InChI is InChI=1S/C13H19BrN2O/c1-8-7-9(5-6-10(8)14)16-12(17)11(15)13(2,3)4/h5-7,11H,15H2,1-4H3,(H,16,17)/t11-/m1/s1. The zero-order valence-corrected chi connectivity index (χ0v) is 12.3. The van der Waals surface area contributed by atoms with Gasteiger partial charge in [-0.15, -0.1) is 0 Å². The Morgan fingerprint density at radius 1 is 1.41 bits per heavy atom. The number of carbonyl (C=O) groups is 1. The van der Waals surface area contributed by atoms with Gasteiger partial charge < -0.3 is 11.1 Å². The van der Waals surface area contributed by atoms with Crippen molar-refractivity contribution in [2.45, 2.75) is 33.7 Å². The highest BCUT2D eigenvalue weighted by Crippen LogP contribution is 2.22.